The second-order valence-corrected chi connectivity index (χ2v) is 3.41. The van der Waals surface area contributed by atoms with Crippen molar-refractivity contribution < 1.29 is 0 Å². The van der Waals surface area contributed by atoms with Crippen LogP contribution in [0.2, 0.25) is 0 Å². The lowest BCUT2D eigenvalue weighted by atomic mass is 10.1. The third kappa shape index (κ3) is 1.46. The fourth-order valence-corrected chi connectivity index (χ4v) is 1.31. The number of nitriles is 1. The van der Waals surface area contributed by atoms with Crippen molar-refractivity contribution >= 4 is 28.3 Å². The molecular weight excluding hydrogens is 251 g/mol. The van der Waals surface area contributed by atoms with E-state index in [4.69, 9.17) is 11.0 Å². The average Bonchev–Trinajstić information content (AvgIpc) is 1.99. The van der Waals surface area contributed by atoms with Crippen molar-refractivity contribution in [3.05, 3.63) is 26.8 Å². The smallest absolute Gasteiger partial charge is 0.102 e. The molecule has 0 amide bonds. The van der Waals surface area contributed by atoms with Crippen molar-refractivity contribution in [1.29, 1.82) is 5.26 Å². The number of hydrogen-bond donors (Lipinski definition) is 1. The first-order chi connectivity index (χ1) is 5.16. The molecule has 0 aliphatic carbocycles. The molecule has 1 aromatic rings. The van der Waals surface area contributed by atoms with Gasteiger partial charge in [-0.1, -0.05) is 0 Å². The first-order valence-corrected chi connectivity index (χ1v) is 4.19. The first-order valence-electron chi connectivity index (χ1n) is 3.11. The van der Waals surface area contributed by atoms with Crippen LogP contribution in [-0.2, 0) is 0 Å². The molecule has 0 saturated heterocycles. The van der Waals surface area contributed by atoms with Gasteiger partial charge in [-0.05, 0) is 47.2 Å². The Morgan fingerprint density at radius 2 is 2.18 bits per heavy atom. The molecule has 0 heterocycles. The molecule has 0 aliphatic heterocycles. The quantitative estimate of drug-likeness (QED) is 0.572. The van der Waals surface area contributed by atoms with Crippen LogP contribution in [0, 0.1) is 21.8 Å². The number of nitrogens with two attached hydrogens (primary N) is 1. The summed E-state index contributed by atoms with van der Waals surface area (Å²) in [5.74, 6) is 0. The Morgan fingerprint density at radius 1 is 1.55 bits per heavy atom. The molecule has 0 aliphatic rings. The van der Waals surface area contributed by atoms with Gasteiger partial charge in [-0.15, -0.1) is 0 Å². The van der Waals surface area contributed by atoms with Crippen molar-refractivity contribution in [2.24, 2.45) is 0 Å². The van der Waals surface area contributed by atoms with Crippen molar-refractivity contribution in [3.8, 4) is 6.07 Å². The number of benzene rings is 1. The summed E-state index contributed by atoms with van der Waals surface area (Å²) in [4.78, 5) is 0. The lowest BCUT2D eigenvalue weighted by Gasteiger charge is -2.02. The molecule has 1 aromatic carbocycles. The van der Waals surface area contributed by atoms with Crippen molar-refractivity contribution in [2.75, 3.05) is 5.73 Å². The minimum Gasteiger partial charge on any atom is -0.398 e. The van der Waals surface area contributed by atoms with E-state index >= 15 is 0 Å². The number of halogens is 1. The molecule has 0 atom stereocenters. The highest BCUT2D eigenvalue weighted by molar-refractivity contribution is 14.1. The average molecular weight is 258 g/mol. The third-order valence-corrected chi connectivity index (χ3v) is 2.71. The van der Waals surface area contributed by atoms with Crippen LogP contribution in [0.1, 0.15) is 11.1 Å². The summed E-state index contributed by atoms with van der Waals surface area (Å²) in [5, 5.41) is 8.69. The number of nitrogen functional groups attached to an aromatic ring is 1. The van der Waals surface area contributed by atoms with E-state index in [9.17, 15) is 0 Å². The number of anilines is 1. The molecule has 0 bridgehead atoms. The molecule has 2 N–H and O–H groups in total. The molecular formula is C8H7IN2. The molecule has 0 unspecified atom stereocenters. The van der Waals surface area contributed by atoms with Gasteiger partial charge in [-0.25, -0.2) is 0 Å². The van der Waals surface area contributed by atoms with Gasteiger partial charge in [-0.3, -0.25) is 0 Å². The Morgan fingerprint density at radius 3 is 2.64 bits per heavy atom. The van der Waals surface area contributed by atoms with E-state index in [2.05, 4.69) is 28.7 Å². The lowest BCUT2D eigenvalue weighted by Crippen LogP contribution is -1.94. The van der Waals surface area contributed by atoms with E-state index in [0.29, 0.717) is 11.3 Å². The molecule has 2 nitrogen and oxygen atoms in total. The van der Waals surface area contributed by atoms with Gasteiger partial charge >= 0.3 is 0 Å². The van der Waals surface area contributed by atoms with Crippen LogP contribution in [0.3, 0.4) is 0 Å². The molecule has 0 spiro atoms. The molecule has 56 valence electrons. The molecule has 11 heavy (non-hydrogen) atoms. The van der Waals surface area contributed by atoms with Crippen LogP contribution in [0.4, 0.5) is 5.69 Å². The minimum absolute atomic E-state index is 0.561. The van der Waals surface area contributed by atoms with Crippen LogP contribution in [-0.4, -0.2) is 0 Å². The Kier molecular flexibility index (Phi) is 2.35. The van der Waals surface area contributed by atoms with Gasteiger partial charge in [0.1, 0.15) is 6.07 Å². The van der Waals surface area contributed by atoms with Crippen LogP contribution in [0.25, 0.3) is 0 Å². The summed E-state index contributed by atoms with van der Waals surface area (Å²) < 4.78 is 1.08. The zero-order valence-corrected chi connectivity index (χ0v) is 8.21. The van der Waals surface area contributed by atoms with Crippen LogP contribution >= 0.6 is 22.6 Å². The first kappa shape index (κ1) is 8.34. The van der Waals surface area contributed by atoms with E-state index in [-0.39, 0.29) is 0 Å². The van der Waals surface area contributed by atoms with E-state index in [1.807, 2.05) is 13.0 Å². The van der Waals surface area contributed by atoms with Crippen LogP contribution in [0.5, 0.6) is 0 Å². The van der Waals surface area contributed by atoms with Gasteiger partial charge in [0.15, 0.2) is 0 Å². The summed E-state index contributed by atoms with van der Waals surface area (Å²) >= 11 is 2.18. The van der Waals surface area contributed by atoms with Crippen molar-refractivity contribution in [3.63, 3.8) is 0 Å². The highest BCUT2D eigenvalue weighted by Gasteiger charge is 2.04. The molecule has 0 fully saturated rings. The molecule has 3 heteroatoms. The lowest BCUT2D eigenvalue weighted by molar-refractivity contribution is 1.37. The Balaban J connectivity index is 3.44. The predicted octanol–water partition coefficient (Wildman–Crippen LogP) is 2.05. The maximum Gasteiger partial charge on any atom is 0.102 e. The second-order valence-electron chi connectivity index (χ2n) is 2.25. The highest BCUT2D eigenvalue weighted by atomic mass is 127. The molecule has 0 aromatic heterocycles. The van der Waals surface area contributed by atoms with Gasteiger partial charge in [0.2, 0.25) is 0 Å². The summed E-state index contributed by atoms with van der Waals surface area (Å²) in [6.45, 7) is 1.90. The molecule has 1 rings (SSSR count). The standard InChI is InChI=1S/C8H7IN2/c1-5-6(4-10)8(11)3-2-7(5)9/h2-3H,11H2,1H3. The highest BCUT2D eigenvalue weighted by Crippen LogP contribution is 2.20. The zero-order valence-electron chi connectivity index (χ0n) is 6.06. The predicted molar refractivity (Wildman–Crippen MR) is 53.0 cm³/mol. The van der Waals surface area contributed by atoms with Gasteiger partial charge < -0.3 is 5.73 Å². The van der Waals surface area contributed by atoms with Crippen molar-refractivity contribution in [2.45, 2.75) is 6.92 Å². The second kappa shape index (κ2) is 3.09. The topological polar surface area (TPSA) is 49.8 Å². The fourth-order valence-electron chi connectivity index (χ4n) is 0.856. The maximum atomic E-state index is 8.69. The van der Waals surface area contributed by atoms with Crippen molar-refractivity contribution in [1.82, 2.24) is 0 Å². The Labute approximate surface area is 79.2 Å². The van der Waals surface area contributed by atoms with E-state index in [1.54, 1.807) is 6.07 Å². The summed E-state index contributed by atoms with van der Waals surface area (Å²) in [6.07, 6.45) is 0. The van der Waals surface area contributed by atoms with Gasteiger partial charge in [0, 0.05) is 9.26 Å². The monoisotopic (exact) mass is 258 g/mol. The third-order valence-electron chi connectivity index (χ3n) is 1.54. The SMILES string of the molecule is Cc1c(I)ccc(N)c1C#N. The minimum atomic E-state index is 0.561. The number of nitrogens with zero attached hydrogens (tertiary/aromatic N) is 1. The van der Waals surface area contributed by atoms with Gasteiger partial charge in [0.05, 0.1) is 5.56 Å². The van der Waals surface area contributed by atoms with E-state index < -0.39 is 0 Å². The maximum absolute atomic E-state index is 8.69. The van der Waals surface area contributed by atoms with E-state index in [1.165, 1.54) is 0 Å². The summed E-state index contributed by atoms with van der Waals surface area (Å²) in [7, 11) is 0. The summed E-state index contributed by atoms with van der Waals surface area (Å²) in [5.41, 5.74) is 7.70. The largest absolute Gasteiger partial charge is 0.398 e. The van der Waals surface area contributed by atoms with Crippen LogP contribution in [0.15, 0.2) is 12.1 Å². The van der Waals surface area contributed by atoms with E-state index in [0.717, 1.165) is 9.13 Å². The zero-order chi connectivity index (χ0) is 8.43. The van der Waals surface area contributed by atoms with Gasteiger partial charge in [0.25, 0.3) is 0 Å². The fraction of sp³-hybridized carbons (Fsp3) is 0.125. The summed E-state index contributed by atoms with van der Waals surface area (Å²) in [6, 6.07) is 5.74. The normalized spacial score (nSPS) is 9.18. The Bertz CT molecular complexity index is 326. The molecule has 0 saturated carbocycles. The molecule has 0 radical (unpaired) electrons. The van der Waals surface area contributed by atoms with Gasteiger partial charge in [-0.2, -0.15) is 5.26 Å². The van der Waals surface area contributed by atoms with Crippen LogP contribution < -0.4 is 5.73 Å². The number of hydrogen-bond acceptors (Lipinski definition) is 2. The number of rotatable bonds is 0. The Hall–Kier alpha value is -0.760.